The van der Waals surface area contributed by atoms with Crippen molar-refractivity contribution in [1.82, 2.24) is 5.32 Å². The van der Waals surface area contributed by atoms with Crippen LogP contribution in [0.5, 0.6) is 0 Å². The van der Waals surface area contributed by atoms with E-state index in [1.165, 1.54) is 19.3 Å². The Bertz CT molecular complexity index is 246. The summed E-state index contributed by atoms with van der Waals surface area (Å²) >= 11 is 0. The summed E-state index contributed by atoms with van der Waals surface area (Å²) in [5.74, 6) is -0.145. The minimum absolute atomic E-state index is 0.145. The minimum atomic E-state index is -3.78. The standard InChI is InChI=1S/C8H17NO3S/c1-7(5-6-13(10,11)12)9-8-3-2-4-8/h7-9H,2-6H2,1H3,(H,10,11,12). The first-order valence-corrected chi connectivity index (χ1v) is 6.29. The molecular formula is C8H17NO3S. The average molecular weight is 207 g/mol. The average Bonchev–Trinajstić information content (AvgIpc) is 1.91. The third-order valence-corrected chi connectivity index (χ3v) is 3.19. The zero-order valence-electron chi connectivity index (χ0n) is 7.86. The first kappa shape index (κ1) is 10.9. The lowest BCUT2D eigenvalue weighted by Crippen LogP contribution is -2.41. The second kappa shape index (κ2) is 4.39. The van der Waals surface area contributed by atoms with Crippen LogP contribution in [0.4, 0.5) is 0 Å². The number of rotatable bonds is 5. The molecule has 1 fully saturated rings. The molecule has 4 nitrogen and oxygen atoms in total. The second-order valence-corrected chi connectivity index (χ2v) is 5.34. The lowest BCUT2D eigenvalue weighted by molar-refractivity contribution is 0.307. The molecule has 0 heterocycles. The van der Waals surface area contributed by atoms with E-state index in [0.717, 1.165) is 0 Å². The van der Waals surface area contributed by atoms with Gasteiger partial charge in [0, 0.05) is 12.1 Å². The summed E-state index contributed by atoms with van der Waals surface area (Å²) in [5.41, 5.74) is 0. The van der Waals surface area contributed by atoms with Gasteiger partial charge in [0.1, 0.15) is 0 Å². The maximum absolute atomic E-state index is 10.4. The van der Waals surface area contributed by atoms with E-state index in [9.17, 15) is 8.42 Å². The fourth-order valence-electron chi connectivity index (χ4n) is 1.39. The molecule has 0 saturated heterocycles. The normalized spacial score (nSPS) is 21.1. The second-order valence-electron chi connectivity index (χ2n) is 3.77. The largest absolute Gasteiger partial charge is 0.311 e. The molecule has 0 radical (unpaired) electrons. The molecule has 0 aromatic rings. The first-order chi connectivity index (χ1) is 5.97. The van der Waals surface area contributed by atoms with E-state index >= 15 is 0 Å². The van der Waals surface area contributed by atoms with Crippen molar-refractivity contribution in [1.29, 1.82) is 0 Å². The summed E-state index contributed by atoms with van der Waals surface area (Å²) in [5, 5.41) is 3.31. The first-order valence-electron chi connectivity index (χ1n) is 4.68. The molecule has 0 amide bonds. The van der Waals surface area contributed by atoms with Crippen molar-refractivity contribution in [3.8, 4) is 0 Å². The molecule has 0 bridgehead atoms. The zero-order chi connectivity index (χ0) is 9.90. The predicted octanol–water partition coefficient (Wildman–Crippen LogP) is 0.795. The van der Waals surface area contributed by atoms with E-state index in [1.807, 2.05) is 6.92 Å². The summed E-state index contributed by atoms with van der Waals surface area (Å²) < 4.78 is 29.4. The van der Waals surface area contributed by atoms with Gasteiger partial charge < -0.3 is 5.32 Å². The molecule has 1 unspecified atom stereocenters. The summed E-state index contributed by atoms with van der Waals surface area (Å²) in [7, 11) is -3.78. The molecule has 1 aliphatic carbocycles. The van der Waals surface area contributed by atoms with Gasteiger partial charge in [-0.05, 0) is 26.2 Å². The quantitative estimate of drug-likeness (QED) is 0.654. The van der Waals surface area contributed by atoms with Gasteiger partial charge in [0.15, 0.2) is 0 Å². The van der Waals surface area contributed by atoms with E-state index < -0.39 is 10.1 Å². The zero-order valence-corrected chi connectivity index (χ0v) is 8.68. The van der Waals surface area contributed by atoms with E-state index in [-0.39, 0.29) is 11.8 Å². The van der Waals surface area contributed by atoms with Crippen molar-refractivity contribution in [2.75, 3.05) is 5.75 Å². The van der Waals surface area contributed by atoms with Gasteiger partial charge in [-0.2, -0.15) is 8.42 Å². The Morgan fingerprint density at radius 1 is 1.54 bits per heavy atom. The third kappa shape index (κ3) is 4.59. The van der Waals surface area contributed by atoms with Crippen molar-refractivity contribution < 1.29 is 13.0 Å². The maximum atomic E-state index is 10.4. The number of hydrogen-bond acceptors (Lipinski definition) is 3. The highest BCUT2D eigenvalue weighted by Gasteiger charge is 2.19. The molecule has 13 heavy (non-hydrogen) atoms. The van der Waals surface area contributed by atoms with Crippen LogP contribution in [0.3, 0.4) is 0 Å². The monoisotopic (exact) mass is 207 g/mol. The highest BCUT2D eigenvalue weighted by atomic mass is 32.2. The number of hydrogen-bond donors (Lipinski definition) is 2. The van der Waals surface area contributed by atoms with Gasteiger partial charge in [-0.15, -0.1) is 0 Å². The predicted molar refractivity (Wildman–Crippen MR) is 51.3 cm³/mol. The molecule has 1 saturated carbocycles. The number of nitrogens with one attached hydrogen (secondary N) is 1. The van der Waals surface area contributed by atoms with Crippen LogP contribution in [0.25, 0.3) is 0 Å². The molecular weight excluding hydrogens is 190 g/mol. The highest BCUT2D eigenvalue weighted by molar-refractivity contribution is 7.85. The third-order valence-electron chi connectivity index (χ3n) is 2.43. The smallest absolute Gasteiger partial charge is 0.264 e. The SMILES string of the molecule is CC(CCS(=O)(=O)O)NC1CCC1. The topological polar surface area (TPSA) is 66.4 Å². The summed E-state index contributed by atoms with van der Waals surface area (Å²) in [6.45, 7) is 1.95. The molecule has 1 atom stereocenters. The molecule has 2 N–H and O–H groups in total. The van der Waals surface area contributed by atoms with E-state index in [4.69, 9.17) is 4.55 Å². The van der Waals surface area contributed by atoms with Crippen molar-refractivity contribution in [2.24, 2.45) is 0 Å². The Morgan fingerprint density at radius 3 is 2.54 bits per heavy atom. The van der Waals surface area contributed by atoms with Crippen molar-refractivity contribution in [3.05, 3.63) is 0 Å². The Balaban J connectivity index is 2.13. The highest BCUT2D eigenvalue weighted by Crippen LogP contribution is 2.18. The molecule has 0 aromatic carbocycles. The molecule has 1 aliphatic rings. The molecule has 78 valence electrons. The van der Waals surface area contributed by atoms with Crippen molar-refractivity contribution in [2.45, 2.75) is 44.7 Å². The van der Waals surface area contributed by atoms with E-state index in [0.29, 0.717) is 12.5 Å². The van der Waals surface area contributed by atoms with Crippen LogP contribution < -0.4 is 5.32 Å². The Morgan fingerprint density at radius 2 is 2.15 bits per heavy atom. The Hall–Kier alpha value is -0.130. The van der Waals surface area contributed by atoms with Crippen LogP contribution in [0.2, 0.25) is 0 Å². The Kier molecular flexibility index (Phi) is 3.70. The maximum Gasteiger partial charge on any atom is 0.264 e. The van der Waals surface area contributed by atoms with E-state index in [2.05, 4.69) is 5.32 Å². The van der Waals surface area contributed by atoms with Crippen molar-refractivity contribution >= 4 is 10.1 Å². The van der Waals surface area contributed by atoms with Gasteiger partial charge in [-0.25, -0.2) is 0 Å². The fourth-order valence-corrected chi connectivity index (χ4v) is 2.04. The lowest BCUT2D eigenvalue weighted by atomic mass is 9.92. The lowest BCUT2D eigenvalue weighted by Gasteiger charge is -2.29. The van der Waals surface area contributed by atoms with Crippen LogP contribution in [0, 0.1) is 0 Å². The fraction of sp³-hybridized carbons (Fsp3) is 1.00. The van der Waals surface area contributed by atoms with E-state index in [1.54, 1.807) is 0 Å². The molecule has 0 aliphatic heterocycles. The Labute approximate surface area is 79.5 Å². The van der Waals surface area contributed by atoms with Crippen LogP contribution in [0.1, 0.15) is 32.6 Å². The summed E-state index contributed by atoms with van der Waals surface area (Å²) in [4.78, 5) is 0. The van der Waals surface area contributed by atoms with Crippen LogP contribution in [-0.2, 0) is 10.1 Å². The van der Waals surface area contributed by atoms with Gasteiger partial charge in [0.2, 0.25) is 0 Å². The van der Waals surface area contributed by atoms with Crippen LogP contribution in [0.15, 0.2) is 0 Å². The van der Waals surface area contributed by atoms with Crippen LogP contribution in [-0.4, -0.2) is 30.8 Å². The molecule has 1 rings (SSSR count). The minimum Gasteiger partial charge on any atom is -0.311 e. The van der Waals surface area contributed by atoms with Gasteiger partial charge in [-0.1, -0.05) is 6.42 Å². The molecule has 5 heteroatoms. The van der Waals surface area contributed by atoms with Crippen LogP contribution >= 0.6 is 0 Å². The van der Waals surface area contributed by atoms with Gasteiger partial charge in [0.05, 0.1) is 5.75 Å². The van der Waals surface area contributed by atoms with Crippen molar-refractivity contribution in [3.63, 3.8) is 0 Å². The summed E-state index contributed by atoms with van der Waals surface area (Å²) in [6.07, 6.45) is 4.13. The summed E-state index contributed by atoms with van der Waals surface area (Å²) in [6, 6.07) is 0.739. The molecule has 0 spiro atoms. The van der Waals surface area contributed by atoms with Gasteiger partial charge in [0.25, 0.3) is 10.1 Å². The van der Waals surface area contributed by atoms with Gasteiger partial charge >= 0.3 is 0 Å². The molecule has 0 aromatic heterocycles. The van der Waals surface area contributed by atoms with Gasteiger partial charge in [-0.3, -0.25) is 4.55 Å².